The lowest BCUT2D eigenvalue weighted by atomic mass is 9.37. The first-order chi connectivity index (χ1) is 23.6. The minimum atomic E-state index is -1.19. The second-order valence-corrected chi connectivity index (χ2v) is 18.6. The second-order valence-electron chi connectivity index (χ2n) is 18.6. The summed E-state index contributed by atoms with van der Waals surface area (Å²) in [7, 11) is 0. The summed E-state index contributed by atoms with van der Waals surface area (Å²) in [6.07, 6.45) is 4.96. The van der Waals surface area contributed by atoms with E-state index in [0.29, 0.717) is 12.3 Å². The molecule has 5 saturated carbocycles. The van der Waals surface area contributed by atoms with E-state index in [0.717, 1.165) is 51.4 Å². The summed E-state index contributed by atoms with van der Waals surface area (Å²) in [5, 5.41) is 0. The lowest BCUT2D eigenvalue weighted by molar-refractivity contribution is -0.252. The summed E-state index contributed by atoms with van der Waals surface area (Å²) in [5.74, 6) is -1.50. The lowest BCUT2D eigenvalue weighted by Crippen LogP contribution is -2.67. The molecule has 1 saturated heterocycles. The molecule has 0 bridgehead atoms. The van der Waals surface area contributed by atoms with Gasteiger partial charge in [-0.1, -0.05) is 27.7 Å². The van der Waals surface area contributed by atoms with Crippen LogP contribution in [0.4, 0.5) is 0 Å². The molecule has 13 unspecified atom stereocenters. The largest absolute Gasteiger partial charge is 0.462 e. The second kappa shape index (κ2) is 12.4. The predicted molar refractivity (Wildman–Crippen MR) is 183 cm³/mol. The van der Waals surface area contributed by atoms with Crippen LogP contribution >= 0.6 is 0 Å². The van der Waals surface area contributed by atoms with Gasteiger partial charge < -0.3 is 28.4 Å². The zero-order valence-electron chi connectivity index (χ0n) is 32.6. The van der Waals surface area contributed by atoms with Gasteiger partial charge in [0.25, 0.3) is 0 Å². The van der Waals surface area contributed by atoms with Crippen molar-refractivity contribution in [3.05, 3.63) is 0 Å². The Kier molecular flexibility index (Phi) is 9.28. The molecule has 11 heteroatoms. The maximum atomic E-state index is 12.9. The highest BCUT2D eigenvalue weighted by Gasteiger charge is 2.86. The number of fused-ring (bicyclic) bond motifs is 3. The molecule has 1 heterocycles. The third-order valence-electron chi connectivity index (χ3n) is 15.4. The van der Waals surface area contributed by atoms with Crippen molar-refractivity contribution in [3.63, 3.8) is 0 Å². The average molecular weight is 717 g/mol. The van der Waals surface area contributed by atoms with Gasteiger partial charge in [0, 0.05) is 51.4 Å². The Bertz CT molecular complexity index is 1470. The number of carbonyl (C=O) groups is 5. The van der Waals surface area contributed by atoms with Gasteiger partial charge in [-0.2, -0.15) is 0 Å². The smallest absolute Gasteiger partial charge is 0.304 e. The summed E-state index contributed by atoms with van der Waals surface area (Å²) in [6, 6.07) is 0. The Labute approximate surface area is 302 Å². The molecule has 6 aliphatic rings. The van der Waals surface area contributed by atoms with E-state index < -0.39 is 42.0 Å². The molecule has 11 nitrogen and oxygen atoms in total. The van der Waals surface area contributed by atoms with E-state index >= 15 is 0 Å². The van der Waals surface area contributed by atoms with E-state index in [-0.39, 0.29) is 69.0 Å². The highest BCUT2D eigenvalue weighted by molar-refractivity contribution is 5.68. The third-order valence-corrected chi connectivity index (χ3v) is 15.4. The van der Waals surface area contributed by atoms with Crippen molar-refractivity contribution in [2.45, 2.75) is 170 Å². The highest BCUT2D eigenvalue weighted by Crippen LogP contribution is 2.91. The number of ether oxygens (including phenoxy) is 6. The summed E-state index contributed by atoms with van der Waals surface area (Å²) < 4.78 is 36.2. The lowest BCUT2D eigenvalue weighted by Gasteiger charge is -2.68. The quantitative estimate of drug-likeness (QED) is 0.202. The monoisotopic (exact) mass is 716 g/mol. The molecule has 0 radical (unpaired) electrons. The Hall–Kier alpha value is -2.69. The van der Waals surface area contributed by atoms with Crippen molar-refractivity contribution in [2.24, 2.45) is 50.7 Å². The van der Waals surface area contributed by atoms with Gasteiger partial charge in [-0.05, 0) is 106 Å². The molecule has 0 N–H and O–H groups in total. The molecule has 5 aliphatic carbocycles. The molecule has 0 amide bonds. The van der Waals surface area contributed by atoms with Crippen molar-refractivity contribution in [1.29, 1.82) is 0 Å². The van der Waals surface area contributed by atoms with Crippen LogP contribution in [0.2, 0.25) is 0 Å². The van der Waals surface area contributed by atoms with Crippen LogP contribution in [0.1, 0.15) is 134 Å². The van der Waals surface area contributed by atoms with Crippen LogP contribution in [0.15, 0.2) is 0 Å². The Balaban J connectivity index is 1.35. The standard InChI is InChI=1S/C40H60O11/c1-21(41)46-31-14-15-37(10)29-13-16-39-20-40(39,38(29,11)32(47-22(2)42)19-30(37)35(31,6)7)17-12-27(39)26-18-28(50-34(26)49-24(4)44)33(48-23(3)43)36(8,9)51-25(5)45/h26-34H,12-20H2,1-11H3. The molecule has 6 fully saturated rings. The molecule has 0 aromatic heterocycles. The molecule has 0 aromatic rings. The zero-order chi connectivity index (χ0) is 37.7. The summed E-state index contributed by atoms with van der Waals surface area (Å²) in [5.41, 5.74) is -1.91. The van der Waals surface area contributed by atoms with Crippen molar-refractivity contribution >= 4 is 29.8 Å². The van der Waals surface area contributed by atoms with Gasteiger partial charge in [-0.25, -0.2) is 0 Å². The zero-order valence-corrected chi connectivity index (χ0v) is 32.6. The minimum Gasteiger partial charge on any atom is -0.462 e. The van der Waals surface area contributed by atoms with Gasteiger partial charge in [0.1, 0.15) is 23.9 Å². The van der Waals surface area contributed by atoms with Gasteiger partial charge in [-0.3, -0.25) is 24.0 Å². The molecule has 51 heavy (non-hydrogen) atoms. The van der Waals surface area contributed by atoms with Gasteiger partial charge in [0.15, 0.2) is 6.10 Å². The van der Waals surface area contributed by atoms with Gasteiger partial charge >= 0.3 is 29.8 Å². The molecule has 0 aromatic carbocycles. The SMILES string of the molecule is CC(=O)OC1OC(C(OC(C)=O)C(C)(C)OC(C)=O)CC1C1CCC23CC12CCC1C2(C)CCC(OC(C)=O)C(C)(C)C2CC(OC(C)=O)C13C. The van der Waals surface area contributed by atoms with Gasteiger partial charge in [0.05, 0.1) is 0 Å². The van der Waals surface area contributed by atoms with E-state index in [9.17, 15) is 24.0 Å². The first kappa shape index (κ1) is 38.0. The molecular formula is C40H60O11. The van der Waals surface area contributed by atoms with Crippen LogP contribution in [-0.4, -0.2) is 66.2 Å². The number of hydrogen-bond acceptors (Lipinski definition) is 11. The van der Waals surface area contributed by atoms with Crippen LogP contribution in [-0.2, 0) is 52.4 Å². The first-order valence-electron chi connectivity index (χ1n) is 19.1. The maximum Gasteiger partial charge on any atom is 0.304 e. The molecule has 0 spiro atoms. The molecule has 286 valence electrons. The average Bonchev–Trinajstić information content (AvgIpc) is 3.33. The fourth-order valence-electron chi connectivity index (χ4n) is 13.8. The van der Waals surface area contributed by atoms with Crippen LogP contribution in [0.5, 0.6) is 0 Å². The van der Waals surface area contributed by atoms with Crippen molar-refractivity contribution in [2.75, 3.05) is 0 Å². The normalized spacial score (nSPS) is 44.0. The summed E-state index contributed by atoms with van der Waals surface area (Å²) in [6.45, 7) is 19.7. The highest BCUT2D eigenvalue weighted by atomic mass is 16.7. The van der Waals surface area contributed by atoms with Crippen molar-refractivity contribution < 1.29 is 52.4 Å². The van der Waals surface area contributed by atoms with E-state index in [4.69, 9.17) is 28.4 Å². The van der Waals surface area contributed by atoms with E-state index in [1.54, 1.807) is 13.8 Å². The maximum absolute atomic E-state index is 12.9. The minimum absolute atomic E-state index is 0.0332. The van der Waals surface area contributed by atoms with E-state index in [1.165, 1.54) is 34.6 Å². The van der Waals surface area contributed by atoms with Crippen LogP contribution in [0.25, 0.3) is 0 Å². The predicted octanol–water partition coefficient (Wildman–Crippen LogP) is 6.47. The fraction of sp³-hybridized carbons (Fsp3) is 0.875. The number of rotatable bonds is 8. The molecule has 1 aliphatic heterocycles. The number of hydrogen-bond donors (Lipinski definition) is 0. The molecule has 6 rings (SSSR count). The first-order valence-corrected chi connectivity index (χ1v) is 19.1. The fourth-order valence-corrected chi connectivity index (χ4v) is 13.8. The summed E-state index contributed by atoms with van der Waals surface area (Å²) in [4.78, 5) is 61.9. The van der Waals surface area contributed by atoms with Crippen molar-refractivity contribution in [3.8, 4) is 0 Å². The number of carbonyl (C=O) groups excluding carboxylic acids is 5. The Morgan fingerprint density at radius 1 is 0.706 bits per heavy atom. The van der Waals surface area contributed by atoms with E-state index in [2.05, 4.69) is 27.7 Å². The van der Waals surface area contributed by atoms with Crippen LogP contribution in [0, 0.1) is 50.7 Å². The molecule has 13 atom stereocenters. The van der Waals surface area contributed by atoms with Crippen LogP contribution < -0.4 is 0 Å². The van der Waals surface area contributed by atoms with Gasteiger partial charge in [0.2, 0.25) is 6.29 Å². The Morgan fingerprint density at radius 2 is 1.33 bits per heavy atom. The topological polar surface area (TPSA) is 141 Å². The molecular weight excluding hydrogens is 656 g/mol. The van der Waals surface area contributed by atoms with E-state index in [1.807, 2.05) is 0 Å². The number of esters is 5. The van der Waals surface area contributed by atoms with Crippen molar-refractivity contribution in [1.82, 2.24) is 0 Å². The van der Waals surface area contributed by atoms with Gasteiger partial charge in [-0.15, -0.1) is 0 Å². The summed E-state index contributed by atoms with van der Waals surface area (Å²) >= 11 is 0. The van der Waals surface area contributed by atoms with Crippen LogP contribution in [0.3, 0.4) is 0 Å². The third kappa shape index (κ3) is 5.72. The Morgan fingerprint density at radius 3 is 1.92 bits per heavy atom.